The van der Waals surface area contributed by atoms with Gasteiger partial charge in [0.2, 0.25) is 5.91 Å². The van der Waals surface area contributed by atoms with Crippen molar-refractivity contribution in [3.8, 4) is 0 Å². The summed E-state index contributed by atoms with van der Waals surface area (Å²) in [7, 11) is 0. The fourth-order valence-electron chi connectivity index (χ4n) is 3.48. The first-order valence-corrected chi connectivity index (χ1v) is 9.66. The molecule has 0 aliphatic carbocycles. The topological polar surface area (TPSA) is 59.7 Å². The minimum absolute atomic E-state index is 0.103. The van der Waals surface area contributed by atoms with E-state index in [1.807, 2.05) is 0 Å². The van der Waals surface area contributed by atoms with E-state index in [1.54, 1.807) is 9.80 Å². The predicted molar refractivity (Wildman–Crippen MR) is 102 cm³/mol. The quantitative estimate of drug-likeness (QED) is 0.842. The van der Waals surface area contributed by atoms with E-state index in [-0.39, 0.29) is 27.6 Å². The highest BCUT2D eigenvalue weighted by Crippen LogP contribution is 2.35. The van der Waals surface area contributed by atoms with E-state index < -0.39 is 5.82 Å². The van der Waals surface area contributed by atoms with Gasteiger partial charge in [0.05, 0.1) is 16.6 Å². The molecule has 2 fully saturated rings. The molecule has 2 aliphatic heterocycles. The lowest BCUT2D eigenvalue weighted by Gasteiger charge is -2.37. The van der Waals surface area contributed by atoms with Gasteiger partial charge in [0.25, 0.3) is 5.91 Å². The predicted octanol–water partition coefficient (Wildman–Crippen LogP) is 2.60. The molecule has 2 aliphatic rings. The van der Waals surface area contributed by atoms with Crippen LogP contribution in [0.15, 0.2) is 12.1 Å². The third-order valence-electron chi connectivity index (χ3n) is 5.23. The van der Waals surface area contributed by atoms with Crippen LogP contribution in [-0.4, -0.2) is 77.3 Å². The van der Waals surface area contributed by atoms with Gasteiger partial charge in [-0.25, -0.2) is 4.39 Å². The van der Waals surface area contributed by atoms with Crippen LogP contribution in [0.2, 0.25) is 10.0 Å². The van der Waals surface area contributed by atoms with Crippen LogP contribution in [0.25, 0.3) is 10.9 Å². The second kappa shape index (κ2) is 7.30. The Bertz CT molecular complexity index is 904. The highest BCUT2D eigenvalue weighted by atomic mass is 35.5. The number of nitrogens with one attached hydrogen (secondary N) is 1. The van der Waals surface area contributed by atoms with E-state index >= 15 is 0 Å². The van der Waals surface area contributed by atoms with Gasteiger partial charge in [-0.05, 0) is 31.6 Å². The second-order valence-corrected chi connectivity index (χ2v) is 7.66. The molecule has 0 radical (unpaired) electrons. The van der Waals surface area contributed by atoms with Crippen molar-refractivity contribution in [3.63, 3.8) is 0 Å². The Hall–Kier alpha value is -1.83. The van der Waals surface area contributed by atoms with Crippen molar-refractivity contribution >= 4 is 45.9 Å². The number of piperazine rings is 1. The minimum atomic E-state index is -0.585. The number of hydrogen-bond donors (Lipinski definition) is 1. The first-order chi connectivity index (χ1) is 13.0. The maximum atomic E-state index is 13.7. The minimum Gasteiger partial charge on any atom is -0.349 e. The van der Waals surface area contributed by atoms with E-state index in [0.29, 0.717) is 43.6 Å². The highest BCUT2D eigenvalue weighted by Gasteiger charge is 2.29. The molecule has 1 N–H and O–H groups in total. The summed E-state index contributed by atoms with van der Waals surface area (Å²) in [6.45, 7) is 4.25. The van der Waals surface area contributed by atoms with Crippen molar-refractivity contribution < 1.29 is 14.0 Å². The average Bonchev–Trinajstić information content (AvgIpc) is 2.98. The smallest absolute Gasteiger partial charge is 0.271 e. The van der Waals surface area contributed by atoms with Gasteiger partial charge in [0.15, 0.2) is 0 Å². The maximum Gasteiger partial charge on any atom is 0.271 e. The molecule has 0 spiro atoms. The van der Waals surface area contributed by atoms with Crippen molar-refractivity contribution in [2.45, 2.75) is 6.42 Å². The third kappa shape index (κ3) is 3.39. The normalized spacial score (nSPS) is 18.0. The van der Waals surface area contributed by atoms with Crippen LogP contribution in [-0.2, 0) is 4.79 Å². The number of fused-ring (bicyclic) bond motifs is 1. The zero-order valence-electron chi connectivity index (χ0n) is 14.6. The fourth-order valence-corrected chi connectivity index (χ4v) is 4.11. The highest BCUT2D eigenvalue weighted by molar-refractivity contribution is 6.44. The third-order valence-corrected chi connectivity index (χ3v) is 5.98. The number of amides is 2. The molecule has 0 unspecified atom stereocenters. The summed E-state index contributed by atoms with van der Waals surface area (Å²) >= 11 is 12.3. The summed E-state index contributed by atoms with van der Waals surface area (Å²) in [5.41, 5.74) is 0.706. The molecule has 1 aromatic heterocycles. The molecule has 6 nitrogen and oxygen atoms in total. The first-order valence-electron chi connectivity index (χ1n) is 8.90. The van der Waals surface area contributed by atoms with Crippen molar-refractivity contribution in [2.24, 2.45) is 0 Å². The SMILES string of the molecule is O=C(CN1CCC1)N1CCN(C(=O)c2[nH]c3ccc(F)c(Cl)c3c2Cl)CC1. The van der Waals surface area contributed by atoms with Crippen molar-refractivity contribution in [3.05, 3.63) is 33.7 Å². The number of aromatic amines is 1. The molecular weight excluding hydrogens is 394 g/mol. The van der Waals surface area contributed by atoms with Crippen molar-refractivity contribution in [1.82, 2.24) is 19.7 Å². The molecule has 3 heterocycles. The van der Waals surface area contributed by atoms with E-state index in [4.69, 9.17) is 23.2 Å². The largest absolute Gasteiger partial charge is 0.349 e. The van der Waals surface area contributed by atoms with Crippen LogP contribution < -0.4 is 0 Å². The average molecular weight is 413 g/mol. The van der Waals surface area contributed by atoms with Crippen LogP contribution >= 0.6 is 23.2 Å². The number of likely N-dealkylation sites (tertiary alicyclic amines) is 1. The van der Waals surface area contributed by atoms with Crippen LogP contribution in [0.3, 0.4) is 0 Å². The van der Waals surface area contributed by atoms with Crippen LogP contribution in [0, 0.1) is 5.82 Å². The molecule has 2 aromatic rings. The maximum absolute atomic E-state index is 13.7. The fraction of sp³-hybridized carbons (Fsp3) is 0.444. The number of rotatable bonds is 3. The lowest BCUT2D eigenvalue weighted by atomic mass is 10.2. The standard InChI is InChI=1S/C18H19Cl2FN4O2/c19-15-11(21)2-3-12-14(15)16(20)17(22-12)18(27)25-8-6-24(7-9-25)13(26)10-23-4-1-5-23/h2-3,22H,1,4-10H2. The van der Waals surface area contributed by atoms with Gasteiger partial charge in [-0.2, -0.15) is 0 Å². The van der Waals surface area contributed by atoms with Gasteiger partial charge in [-0.1, -0.05) is 23.2 Å². The molecular formula is C18H19Cl2FN4O2. The molecule has 0 saturated carbocycles. The molecule has 0 bridgehead atoms. The monoisotopic (exact) mass is 412 g/mol. The molecule has 2 saturated heterocycles. The van der Waals surface area contributed by atoms with Crippen LogP contribution in [0.4, 0.5) is 4.39 Å². The van der Waals surface area contributed by atoms with Gasteiger partial charge in [-0.3, -0.25) is 14.5 Å². The summed E-state index contributed by atoms with van der Waals surface area (Å²) in [4.78, 5) is 33.7. The van der Waals surface area contributed by atoms with Gasteiger partial charge >= 0.3 is 0 Å². The number of nitrogens with zero attached hydrogens (tertiary/aromatic N) is 3. The van der Waals surface area contributed by atoms with Crippen molar-refractivity contribution in [1.29, 1.82) is 0 Å². The summed E-state index contributed by atoms with van der Waals surface area (Å²) in [6, 6.07) is 2.74. The lowest BCUT2D eigenvalue weighted by Crippen LogP contribution is -2.53. The van der Waals surface area contributed by atoms with E-state index in [2.05, 4.69) is 9.88 Å². The number of halogens is 3. The number of hydrogen-bond acceptors (Lipinski definition) is 3. The Labute approximate surface area is 165 Å². The van der Waals surface area contributed by atoms with Gasteiger partial charge < -0.3 is 14.8 Å². The van der Waals surface area contributed by atoms with E-state index in [0.717, 1.165) is 19.5 Å². The number of carbonyl (C=O) groups is 2. The zero-order chi connectivity index (χ0) is 19.1. The molecule has 27 heavy (non-hydrogen) atoms. The Kier molecular flexibility index (Phi) is 5.01. The number of aromatic nitrogens is 1. The van der Waals surface area contributed by atoms with Crippen LogP contribution in [0.1, 0.15) is 16.9 Å². The van der Waals surface area contributed by atoms with E-state index in [1.165, 1.54) is 12.1 Å². The van der Waals surface area contributed by atoms with Crippen molar-refractivity contribution in [2.75, 3.05) is 45.8 Å². The Morgan fingerprint density at radius 3 is 2.30 bits per heavy atom. The summed E-state index contributed by atoms with van der Waals surface area (Å²) < 4.78 is 13.7. The zero-order valence-corrected chi connectivity index (χ0v) is 16.1. The van der Waals surface area contributed by atoms with Gasteiger partial charge in [0, 0.05) is 37.1 Å². The molecule has 1 aromatic carbocycles. The molecule has 144 valence electrons. The van der Waals surface area contributed by atoms with Gasteiger partial charge in [-0.15, -0.1) is 0 Å². The number of carbonyl (C=O) groups excluding carboxylic acids is 2. The Morgan fingerprint density at radius 1 is 1.00 bits per heavy atom. The first kappa shape index (κ1) is 18.5. The summed E-state index contributed by atoms with van der Waals surface area (Å²) in [5, 5.41) is 0.329. The Morgan fingerprint density at radius 2 is 1.67 bits per heavy atom. The molecule has 9 heteroatoms. The second-order valence-electron chi connectivity index (χ2n) is 6.90. The molecule has 0 atom stereocenters. The molecule has 2 amide bonds. The van der Waals surface area contributed by atoms with E-state index in [9.17, 15) is 14.0 Å². The Balaban J connectivity index is 1.45. The molecule has 4 rings (SSSR count). The summed E-state index contributed by atoms with van der Waals surface area (Å²) in [5.74, 6) is -0.756. The van der Waals surface area contributed by atoms with Crippen LogP contribution in [0.5, 0.6) is 0 Å². The lowest BCUT2D eigenvalue weighted by molar-refractivity contribution is -0.134. The number of benzene rings is 1. The summed E-state index contributed by atoms with van der Waals surface area (Å²) in [6.07, 6.45) is 1.15. The number of H-pyrrole nitrogens is 1. The van der Waals surface area contributed by atoms with Gasteiger partial charge in [0.1, 0.15) is 11.5 Å².